The standard InChI is InChI=1S/C20H26FN3O2/c1-14(2)26-13-5-12-22-20(25)19-17-6-3-4-7-18(17)24(23-19)16-10-8-15(21)9-11-16/h8-11,14H,3-7,12-13H2,1-2H3,(H,22,25). The van der Waals surface area contributed by atoms with E-state index in [1.807, 2.05) is 13.8 Å². The fourth-order valence-corrected chi connectivity index (χ4v) is 3.25. The maximum absolute atomic E-state index is 13.2. The topological polar surface area (TPSA) is 56.1 Å². The van der Waals surface area contributed by atoms with Gasteiger partial charge in [-0.15, -0.1) is 0 Å². The molecule has 2 aromatic rings. The summed E-state index contributed by atoms with van der Waals surface area (Å²) >= 11 is 0. The number of carbonyl (C=O) groups excluding carboxylic acids is 1. The third kappa shape index (κ3) is 4.30. The number of amides is 1. The molecule has 1 amide bonds. The summed E-state index contributed by atoms with van der Waals surface area (Å²) < 4.78 is 20.5. The molecule has 0 fully saturated rings. The van der Waals surface area contributed by atoms with E-state index in [1.54, 1.807) is 16.8 Å². The van der Waals surface area contributed by atoms with E-state index in [2.05, 4.69) is 10.4 Å². The average Bonchev–Trinajstić information content (AvgIpc) is 3.01. The van der Waals surface area contributed by atoms with Gasteiger partial charge in [0.15, 0.2) is 5.69 Å². The zero-order chi connectivity index (χ0) is 18.5. The largest absolute Gasteiger partial charge is 0.379 e. The Kier molecular flexibility index (Phi) is 6.04. The molecule has 140 valence electrons. The molecule has 0 saturated carbocycles. The summed E-state index contributed by atoms with van der Waals surface area (Å²) in [5.74, 6) is -0.426. The van der Waals surface area contributed by atoms with E-state index in [0.29, 0.717) is 18.8 Å². The zero-order valence-corrected chi connectivity index (χ0v) is 15.4. The van der Waals surface area contributed by atoms with E-state index in [1.165, 1.54) is 12.1 Å². The van der Waals surface area contributed by atoms with Crippen LogP contribution < -0.4 is 5.32 Å². The first-order chi connectivity index (χ1) is 12.6. The molecule has 0 spiro atoms. The number of halogens is 1. The fraction of sp³-hybridized carbons (Fsp3) is 0.500. The van der Waals surface area contributed by atoms with Gasteiger partial charge in [-0.05, 0) is 70.2 Å². The highest BCUT2D eigenvalue weighted by molar-refractivity contribution is 5.94. The molecule has 6 heteroatoms. The molecule has 3 rings (SSSR count). The lowest BCUT2D eigenvalue weighted by molar-refractivity contribution is 0.0756. The molecular formula is C20H26FN3O2. The van der Waals surface area contributed by atoms with Crippen molar-refractivity contribution in [1.29, 1.82) is 0 Å². The highest BCUT2D eigenvalue weighted by Crippen LogP contribution is 2.27. The molecule has 1 heterocycles. The van der Waals surface area contributed by atoms with E-state index in [9.17, 15) is 9.18 Å². The Morgan fingerprint density at radius 2 is 2.00 bits per heavy atom. The monoisotopic (exact) mass is 359 g/mol. The van der Waals surface area contributed by atoms with Crippen LogP contribution >= 0.6 is 0 Å². The van der Waals surface area contributed by atoms with Crippen LogP contribution in [0.5, 0.6) is 0 Å². The van der Waals surface area contributed by atoms with Gasteiger partial charge in [0.25, 0.3) is 5.91 Å². The van der Waals surface area contributed by atoms with Crippen LogP contribution in [0.1, 0.15) is 54.9 Å². The number of rotatable bonds is 7. The van der Waals surface area contributed by atoms with Crippen LogP contribution in [0.2, 0.25) is 0 Å². The number of nitrogens with zero attached hydrogens (tertiary/aromatic N) is 2. The van der Waals surface area contributed by atoms with Crippen LogP contribution in [-0.2, 0) is 17.6 Å². The highest BCUT2D eigenvalue weighted by Gasteiger charge is 2.25. The van der Waals surface area contributed by atoms with Gasteiger partial charge in [0.2, 0.25) is 0 Å². The zero-order valence-electron chi connectivity index (χ0n) is 15.4. The van der Waals surface area contributed by atoms with Gasteiger partial charge in [-0.1, -0.05) is 0 Å². The van der Waals surface area contributed by atoms with Crippen molar-refractivity contribution < 1.29 is 13.9 Å². The van der Waals surface area contributed by atoms with Gasteiger partial charge < -0.3 is 10.1 Å². The van der Waals surface area contributed by atoms with Gasteiger partial charge in [-0.25, -0.2) is 9.07 Å². The molecule has 1 aliphatic carbocycles. The Labute approximate surface area is 153 Å². The van der Waals surface area contributed by atoms with Crippen molar-refractivity contribution in [3.63, 3.8) is 0 Å². The minimum atomic E-state index is -0.281. The predicted octanol–water partition coefficient (Wildman–Crippen LogP) is 3.44. The number of ether oxygens (including phenoxy) is 1. The van der Waals surface area contributed by atoms with Crippen molar-refractivity contribution in [3.8, 4) is 5.69 Å². The van der Waals surface area contributed by atoms with Crippen LogP contribution in [0.15, 0.2) is 24.3 Å². The van der Waals surface area contributed by atoms with Crippen LogP contribution in [-0.4, -0.2) is 34.9 Å². The average molecular weight is 359 g/mol. The first kappa shape index (κ1) is 18.6. The quantitative estimate of drug-likeness (QED) is 0.771. The summed E-state index contributed by atoms with van der Waals surface area (Å²) in [5, 5.41) is 7.51. The maximum Gasteiger partial charge on any atom is 0.272 e. The first-order valence-electron chi connectivity index (χ1n) is 9.33. The third-order valence-corrected chi connectivity index (χ3v) is 4.52. The normalized spacial score (nSPS) is 13.7. The van der Waals surface area contributed by atoms with Crippen molar-refractivity contribution in [3.05, 3.63) is 47.0 Å². The summed E-state index contributed by atoms with van der Waals surface area (Å²) in [6.45, 7) is 5.17. The van der Waals surface area contributed by atoms with Gasteiger partial charge in [0.05, 0.1) is 11.8 Å². The molecule has 1 N–H and O–H groups in total. The molecule has 0 saturated heterocycles. The van der Waals surface area contributed by atoms with Crippen LogP contribution in [0.4, 0.5) is 4.39 Å². The number of benzene rings is 1. The van der Waals surface area contributed by atoms with Crippen molar-refractivity contribution >= 4 is 5.91 Å². The molecule has 0 aliphatic heterocycles. The van der Waals surface area contributed by atoms with Gasteiger partial charge in [-0.3, -0.25) is 4.79 Å². The Hall–Kier alpha value is -2.21. The highest BCUT2D eigenvalue weighted by atomic mass is 19.1. The van der Waals surface area contributed by atoms with Crippen molar-refractivity contribution in [1.82, 2.24) is 15.1 Å². The van der Waals surface area contributed by atoms with Gasteiger partial charge in [-0.2, -0.15) is 5.10 Å². The SMILES string of the molecule is CC(C)OCCCNC(=O)c1nn(-c2ccc(F)cc2)c2c1CCCC2. The van der Waals surface area contributed by atoms with Crippen LogP contribution in [0.25, 0.3) is 5.69 Å². The Morgan fingerprint density at radius 3 is 2.73 bits per heavy atom. The molecule has 1 aromatic heterocycles. The van der Waals surface area contributed by atoms with Crippen LogP contribution in [0, 0.1) is 5.82 Å². The van der Waals surface area contributed by atoms with Gasteiger partial charge in [0.1, 0.15) is 5.82 Å². The Balaban J connectivity index is 1.75. The molecule has 0 radical (unpaired) electrons. The smallest absolute Gasteiger partial charge is 0.272 e. The lowest BCUT2D eigenvalue weighted by atomic mass is 9.95. The second-order valence-electron chi connectivity index (χ2n) is 6.90. The summed E-state index contributed by atoms with van der Waals surface area (Å²) in [6, 6.07) is 6.23. The predicted molar refractivity (Wildman–Crippen MR) is 98.2 cm³/mol. The van der Waals surface area contributed by atoms with Crippen LogP contribution in [0.3, 0.4) is 0 Å². The lowest BCUT2D eigenvalue weighted by Crippen LogP contribution is -2.27. The molecule has 5 nitrogen and oxygen atoms in total. The lowest BCUT2D eigenvalue weighted by Gasteiger charge is -2.14. The van der Waals surface area contributed by atoms with Crippen molar-refractivity contribution in [2.24, 2.45) is 0 Å². The Morgan fingerprint density at radius 1 is 1.27 bits per heavy atom. The second kappa shape index (κ2) is 8.45. The minimum Gasteiger partial charge on any atom is -0.379 e. The summed E-state index contributed by atoms with van der Waals surface area (Å²) in [6.07, 6.45) is 4.84. The number of hydrogen-bond donors (Lipinski definition) is 1. The maximum atomic E-state index is 13.2. The molecule has 1 aliphatic rings. The number of hydrogen-bond acceptors (Lipinski definition) is 3. The number of carbonyl (C=O) groups is 1. The third-order valence-electron chi connectivity index (χ3n) is 4.52. The molecule has 0 bridgehead atoms. The number of aromatic nitrogens is 2. The molecular weight excluding hydrogens is 333 g/mol. The second-order valence-corrected chi connectivity index (χ2v) is 6.90. The number of fused-ring (bicyclic) bond motifs is 1. The van der Waals surface area contributed by atoms with E-state index >= 15 is 0 Å². The first-order valence-corrected chi connectivity index (χ1v) is 9.33. The van der Waals surface area contributed by atoms with Crippen molar-refractivity contribution in [2.75, 3.05) is 13.2 Å². The van der Waals surface area contributed by atoms with E-state index < -0.39 is 0 Å². The van der Waals surface area contributed by atoms with E-state index in [-0.39, 0.29) is 17.8 Å². The summed E-state index contributed by atoms with van der Waals surface area (Å²) in [7, 11) is 0. The minimum absolute atomic E-state index is 0.145. The molecule has 1 aromatic carbocycles. The van der Waals surface area contributed by atoms with Crippen molar-refractivity contribution in [2.45, 2.75) is 52.1 Å². The Bertz CT molecular complexity index is 753. The van der Waals surface area contributed by atoms with E-state index in [4.69, 9.17) is 4.74 Å². The summed E-state index contributed by atoms with van der Waals surface area (Å²) in [4.78, 5) is 12.6. The van der Waals surface area contributed by atoms with E-state index in [0.717, 1.165) is 49.0 Å². The molecule has 26 heavy (non-hydrogen) atoms. The molecule has 0 atom stereocenters. The molecule has 0 unspecified atom stereocenters. The fourth-order valence-electron chi connectivity index (χ4n) is 3.25. The van der Waals surface area contributed by atoms with Gasteiger partial charge in [0, 0.05) is 24.4 Å². The summed E-state index contributed by atoms with van der Waals surface area (Å²) in [5.41, 5.74) is 3.37. The van der Waals surface area contributed by atoms with Gasteiger partial charge >= 0.3 is 0 Å². The number of nitrogens with one attached hydrogen (secondary N) is 1.